The van der Waals surface area contributed by atoms with Gasteiger partial charge in [-0.2, -0.15) is 10.5 Å². The van der Waals surface area contributed by atoms with E-state index in [2.05, 4.69) is 20.6 Å². The number of hydrogen-bond donors (Lipinski definition) is 5. The summed E-state index contributed by atoms with van der Waals surface area (Å²) in [6, 6.07) is 5.07. The zero-order chi connectivity index (χ0) is 22.9. The average molecular weight is 420 g/mol. The molecule has 1 aromatic heterocycles. The SMILES string of the molecule is CC(C)(C)OC(=O)c1ccc(O)c(C2N=C(NC#N)Nc3nc(N)c(C#N)c(N)c32)c1. The number of carbonyl (C=O) groups excluding carboxylic acids is 1. The lowest BCUT2D eigenvalue weighted by Gasteiger charge is -2.27. The first-order valence-electron chi connectivity index (χ1n) is 9.10. The number of aliphatic imine (C=N–C) groups is 1. The summed E-state index contributed by atoms with van der Waals surface area (Å²) in [5.74, 6) is -0.690. The number of phenolic OH excluding ortho intramolecular Hbond substituents is 1. The minimum atomic E-state index is -0.991. The molecule has 11 heteroatoms. The average Bonchev–Trinajstić information content (AvgIpc) is 2.66. The molecule has 0 amide bonds. The third kappa shape index (κ3) is 4.11. The van der Waals surface area contributed by atoms with Crippen molar-refractivity contribution in [3.63, 3.8) is 0 Å². The maximum Gasteiger partial charge on any atom is 0.338 e. The van der Waals surface area contributed by atoms with Crippen LogP contribution in [0.2, 0.25) is 0 Å². The maximum absolute atomic E-state index is 12.5. The van der Waals surface area contributed by atoms with Gasteiger partial charge in [-0.25, -0.2) is 14.8 Å². The number of nitrogens with one attached hydrogen (secondary N) is 2. The van der Waals surface area contributed by atoms with Crippen molar-refractivity contribution in [1.82, 2.24) is 10.3 Å². The van der Waals surface area contributed by atoms with Gasteiger partial charge in [-0.1, -0.05) is 0 Å². The highest BCUT2D eigenvalue weighted by Crippen LogP contribution is 2.43. The molecule has 158 valence electrons. The predicted octanol–water partition coefficient (Wildman–Crippen LogP) is 1.72. The van der Waals surface area contributed by atoms with E-state index in [4.69, 9.17) is 21.5 Å². The van der Waals surface area contributed by atoms with E-state index in [9.17, 15) is 15.2 Å². The minimum absolute atomic E-state index is 0.0179. The fourth-order valence-electron chi connectivity index (χ4n) is 3.04. The van der Waals surface area contributed by atoms with Gasteiger partial charge in [0.2, 0.25) is 5.96 Å². The topological polar surface area (TPSA) is 195 Å². The second-order valence-electron chi connectivity index (χ2n) is 7.68. The van der Waals surface area contributed by atoms with Gasteiger partial charge in [0, 0.05) is 11.1 Å². The summed E-state index contributed by atoms with van der Waals surface area (Å²) >= 11 is 0. The van der Waals surface area contributed by atoms with E-state index in [0.717, 1.165) is 0 Å². The molecular weight excluding hydrogens is 400 g/mol. The first kappa shape index (κ1) is 21.2. The number of aromatic nitrogens is 1. The van der Waals surface area contributed by atoms with Crippen LogP contribution in [0.5, 0.6) is 5.75 Å². The zero-order valence-corrected chi connectivity index (χ0v) is 17.0. The molecule has 11 nitrogen and oxygen atoms in total. The van der Waals surface area contributed by atoms with Gasteiger partial charge in [-0.3, -0.25) is 5.32 Å². The van der Waals surface area contributed by atoms with Gasteiger partial charge in [0.15, 0.2) is 6.19 Å². The summed E-state index contributed by atoms with van der Waals surface area (Å²) in [6.45, 7) is 5.21. The number of nitrogens with two attached hydrogens (primary N) is 2. The van der Waals surface area contributed by atoms with Crippen LogP contribution < -0.4 is 22.1 Å². The summed E-state index contributed by atoms with van der Waals surface area (Å²) in [4.78, 5) is 21.1. The normalized spacial score (nSPS) is 14.9. The minimum Gasteiger partial charge on any atom is -0.508 e. The second-order valence-corrected chi connectivity index (χ2v) is 7.68. The molecule has 0 saturated carbocycles. The highest BCUT2D eigenvalue weighted by molar-refractivity contribution is 5.98. The Bertz CT molecular complexity index is 1180. The van der Waals surface area contributed by atoms with Gasteiger partial charge in [-0.05, 0) is 39.0 Å². The lowest BCUT2D eigenvalue weighted by molar-refractivity contribution is 0.00694. The van der Waals surface area contributed by atoms with Crippen molar-refractivity contribution in [1.29, 1.82) is 10.5 Å². The predicted molar refractivity (Wildman–Crippen MR) is 113 cm³/mol. The zero-order valence-electron chi connectivity index (χ0n) is 17.0. The van der Waals surface area contributed by atoms with E-state index in [0.29, 0.717) is 0 Å². The molecule has 1 unspecified atom stereocenters. The Morgan fingerprint density at radius 1 is 1.32 bits per heavy atom. The third-order valence-corrected chi connectivity index (χ3v) is 4.31. The van der Waals surface area contributed by atoms with Crippen molar-refractivity contribution in [2.45, 2.75) is 32.4 Å². The van der Waals surface area contributed by atoms with Gasteiger partial charge in [-0.15, -0.1) is 0 Å². The molecule has 7 N–H and O–H groups in total. The van der Waals surface area contributed by atoms with Crippen molar-refractivity contribution in [2.24, 2.45) is 4.99 Å². The van der Waals surface area contributed by atoms with Gasteiger partial charge in [0.1, 0.15) is 40.7 Å². The Kier molecular flexibility index (Phi) is 5.28. The number of phenols is 1. The van der Waals surface area contributed by atoms with Crippen LogP contribution in [0.4, 0.5) is 17.3 Å². The Morgan fingerprint density at radius 2 is 2.03 bits per heavy atom. The number of anilines is 3. The quantitative estimate of drug-likeness (QED) is 0.271. The van der Waals surface area contributed by atoms with Gasteiger partial charge >= 0.3 is 5.97 Å². The molecule has 1 aromatic carbocycles. The fraction of sp³-hybridized carbons (Fsp3) is 0.250. The van der Waals surface area contributed by atoms with Crippen molar-refractivity contribution in [2.75, 3.05) is 16.8 Å². The van der Waals surface area contributed by atoms with E-state index in [1.165, 1.54) is 18.2 Å². The highest BCUT2D eigenvalue weighted by Gasteiger charge is 2.32. The van der Waals surface area contributed by atoms with E-state index < -0.39 is 17.6 Å². The Labute approximate surface area is 178 Å². The smallest absolute Gasteiger partial charge is 0.338 e. The van der Waals surface area contributed by atoms with Crippen LogP contribution >= 0.6 is 0 Å². The Balaban J connectivity index is 2.20. The van der Waals surface area contributed by atoms with Crippen LogP contribution in [0.1, 0.15) is 53.9 Å². The molecule has 0 radical (unpaired) electrons. The molecule has 2 aromatic rings. The summed E-state index contributed by atoms with van der Waals surface area (Å²) < 4.78 is 5.39. The number of benzene rings is 1. The van der Waals surface area contributed by atoms with E-state index in [1.807, 2.05) is 6.07 Å². The molecule has 1 aliphatic rings. The van der Waals surface area contributed by atoms with Gasteiger partial charge in [0.25, 0.3) is 0 Å². The number of guanidine groups is 1. The number of nitrogen functional groups attached to an aromatic ring is 2. The van der Waals surface area contributed by atoms with Crippen molar-refractivity contribution < 1.29 is 14.6 Å². The van der Waals surface area contributed by atoms with E-state index in [-0.39, 0.29) is 51.3 Å². The molecule has 2 heterocycles. The Hall–Kier alpha value is -4.51. The Morgan fingerprint density at radius 3 is 2.65 bits per heavy atom. The number of rotatable bonds is 2. The summed E-state index contributed by atoms with van der Waals surface area (Å²) in [5.41, 5.74) is 11.9. The van der Waals surface area contributed by atoms with Gasteiger partial charge < -0.3 is 26.6 Å². The summed E-state index contributed by atoms with van der Waals surface area (Å²) in [7, 11) is 0. The lowest BCUT2D eigenvalue weighted by atomic mass is 9.93. The number of ether oxygens (including phenoxy) is 1. The number of hydrogen-bond acceptors (Lipinski definition) is 11. The third-order valence-electron chi connectivity index (χ3n) is 4.31. The van der Waals surface area contributed by atoms with Crippen LogP contribution in [-0.4, -0.2) is 27.6 Å². The van der Waals surface area contributed by atoms with Crippen molar-refractivity contribution >= 4 is 29.3 Å². The molecule has 1 aliphatic heterocycles. The van der Waals surface area contributed by atoms with E-state index >= 15 is 0 Å². The van der Waals surface area contributed by atoms with Crippen molar-refractivity contribution in [3.05, 3.63) is 40.5 Å². The number of fused-ring (bicyclic) bond motifs is 1. The molecule has 0 saturated heterocycles. The number of pyridine rings is 1. The van der Waals surface area contributed by atoms with Crippen molar-refractivity contribution in [3.8, 4) is 18.0 Å². The lowest BCUT2D eigenvalue weighted by Crippen LogP contribution is -2.33. The highest BCUT2D eigenvalue weighted by atomic mass is 16.6. The molecule has 0 spiro atoms. The van der Waals surface area contributed by atoms with Crippen LogP contribution in [0.3, 0.4) is 0 Å². The summed E-state index contributed by atoms with van der Waals surface area (Å²) in [6.07, 6.45) is 1.74. The molecule has 0 bridgehead atoms. The molecule has 0 fully saturated rings. The van der Waals surface area contributed by atoms with Crippen LogP contribution in [0, 0.1) is 22.8 Å². The van der Waals surface area contributed by atoms with Crippen LogP contribution in [0.15, 0.2) is 23.2 Å². The standard InChI is InChI=1S/C20H20N8O3/c1-20(2,3)31-18(30)9-4-5-12(29)10(6-9)15-13-14(23)11(7-21)16(24)27-17(13)28-19(26-15)25-8-22/h4-6,15,29H,1-3H3,(H6,23,24,25,26,27,28). The molecule has 0 aliphatic carbocycles. The number of aromatic hydroxyl groups is 1. The molecular formula is C20H20N8O3. The number of nitriles is 2. The molecule has 31 heavy (non-hydrogen) atoms. The molecule has 3 rings (SSSR count). The first-order chi connectivity index (χ1) is 14.6. The number of nitrogens with zero attached hydrogens (tertiary/aromatic N) is 4. The van der Waals surface area contributed by atoms with E-state index in [1.54, 1.807) is 27.0 Å². The fourth-order valence-corrected chi connectivity index (χ4v) is 3.04. The second kappa shape index (κ2) is 7.72. The molecule has 1 atom stereocenters. The van der Waals surface area contributed by atoms with Crippen LogP contribution in [0.25, 0.3) is 0 Å². The first-order valence-corrected chi connectivity index (χ1v) is 9.10. The number of esters is 1. The summed E-state index contributed by atoms with van der Waals surface area (Å²) in [5, 5.41) is 34.1. The van der Waals surface area contributed by atoms with Gasteiger partial charge in [0.05, 0.1) is 11.3 Å². The maximum atomic E-state index is 12.5. The monoisotopic (exact) mass is 420 g/mol. The van der Waals surface area contributed by atoms with Crippen LogP contribution in [-0.2, 0) is 4.74 Å². The number of carbonyl (C=O) groups is 1. The largest absolute Gasteiger partial charge is 0.508 e.